The van der Waals surface area contributed by atoms with Gasteiger partial charge in [0, 0.05) is 17.7 Å². The van der Waals surface area contributed by atoms with Gasteiger partial charge < -0.3 is 4.74 Å². The molecule has 1 heterocycles. The molecule has 0 atom stereocenters. The zero-order valence-electron chi connectivity index (χ0n) is 13.8. The van der Waals surface area contributed by atoms with E-state index in [2.05, 4.69) is 15.3 Å². The minimum atomic E-state index is -0.448. The molecule has 0 aliphatic rings. The van der Waals surface area contributed by atoms with Crippen molar-refractivity contribution in [1.82, 2.24) is 14.9 Å². The molecule has 0 aliphatic heterocycles. The molecule has 1 N–H and O–H groups in total. The van der Waals surface area contributed by atoms with E-state index in [9.17, 15) is 10.1 Å². The maximum absolute atomic E-state index is 10.7. The van der Waals surface area contributed by atoms with Gasteiger partial charge in [0.2, 0.25) is 4.77 Å². The monoisotopic (exact) mass is 369 g/mol. The van der Waals surface area contributed by atoms with E-state index in [1.807, 2.05) is 31.2 Å². The van der Waals surface area contributed by atoms with Crippen molar-refractivity contribution in [3.05, 3.63) is 69.0 Å². The highest BCUT2D eigenvalue weighted by Crippen LogP contribution is 2.22. The van der Waals surface area contributed by atoms with Crippen LogP contribution in [0.5, 0.6) is 5.75 Å². The molecular formula is C17H15N5O3S. The van der Waals surface area contributed by atoms with Crippen molar-refractivity contribution in [3.8, 4) is 17.1 Å². The summed E-state index contributed by atoms with van der Waals surface area (Å²) in [5, 5.41) is 22.0. The summed E-state index contributed by atoms with van der Waals surface area (Å²) in [4.78, 5) is 10.3. The Balaban J connectivity index is 1.92. The van der Waals surface area contributed by atoms with Crippen LogP contribution in [-0.4, -0.2) is 32.6 Å². The minimum Gasteiger partial charge on any atom is -0.494 e. The van der Waals surface area contributed by atoms with Gasteiger partial charge in [-0.1, -0.05) is 12.1 Å². The van der Waals surface area contributed by atoms with E-state index < -0.39 is 4.92 Å². The number of non-ortho nitro benzene ring substituents is 1. The Hall–Kier alpha value is -3.33. The Morgan fingerprint density at radius 2 is 2.12 bits per heavy atom. The smallest absolute Gasteiger partial charge is 0.269 e. The van der Waals surface area contributed by atoms with Crippen LogP contribution < -0.4 is 4.74 Å². The van der Waals surface area contributed by atoms with E-state index in [1.54, 1.807) is 18.3 Å². The molecule has 1 aromatic heterocycles. The van der Waals surface area contributed by atoms with E-state index in [4.69, 9.17) is 17.0 Å². The quantitative estimate of drug-likeness (QED) is 0.308. The second kappa shape index (κ2) is 7.70. The lowest BCUT2D eigenvalue weighted by molar-refractivity contribution is -0.384. The number of aromatic nitrogens is 3. The lowest BCUT2D eigenvalue weighted by Gasteiger charge is -2.05. The third kappa shape index (κ3) is 3.83. The molecule has 0 fully saturated rings. The lowest BCUT2D eigenvalue weighted by Crippen LogP contribution is -1.96. The average molecular weight is 369 g/mol. The molecular weight excluding hydrogens is 354 g/mol. The molecule has 0 radical (unpaired) electrons. The SMILES string of the molecule is CCOc1cccc(-c2n[nH]c(=S)n2/N=C\c2ccc([N+](=O)[O-])cc2)c1. The Labute approximate surface area is 153 Å². The lowest BCUT2D eigenvalue weighted by atomic mass is 10.2. The predicted octanol–water partition coefficient (Wildman–Crippen LogP) is 3.80. The number of aromatic amines is 1. The first-order chi connectivity index (χ1) is 12.6. The number of nitro groups is 1. The number of nitro benzene ring substituents is 1. The molecule has 8 nitrogen and oxygen atoms in total. The van der Waals surface area contributed by atoms with Gasteiger partial charge >= 0.3 is 0 Å². The highest BCUT2D eigenvalue weighted by Gasteiger charge is 2.09. The highest BCUT2D eigenvalue weighted by molar-refractivity contribution is 7.71. The second-order valence-corrected chi connectivity index (χ2v) is 5.60. The predicted molar refractivity (Wildman–Crippen MR) is 100 cm³/mol. The van der Waals surface area contributed by atoms with Crippen molar-refractivity contribution in [2.75, 3.05) is 6.61 Å². The van der Waals surface area contributed by atoms with Gasteiger partial charge in [0.1, 0.15) is 5.75 Å². The van der Waals surface area contributed by atoms with Crippen LogP contribution in [0.15, 0.2) is 53.6 Å². The third-order valence-corrected chi connectivity index (χ3v) is 3.74. The number of hydrogen-bond donors (Lipinski definition) is 1. The fourth-order valence-electron chi connectivity index (χ4n) is 2.28. The molecule has 9 heteroatoms. The van der Waals surface area contributed by atoms with Gasteiger partial charge in [-0.25, -0.2) is 5.10 Å². The number of H-pyrrole nitrogens is 1. The minimum absolute atomic E-state index is 0.0236. The average Bonchev–Trinajstić information content (AvgIpc) is 3.01. The fourth-order valence-corrected chi connectivity index (χ4v) is 2.46. The van der Waals surface area contributed by atoms with Gasteiger partial charge in [-0.3, -0.25) is 10.1 Å². The van der Waals surface area contributed by atoms with Gasteiger partial charge in [0.05, 0.1) is 17.7 Å². The van der Waals surface area contributed by atoms with Crippen molar-refractivity contribution >= 4 is 24.1 Å². The van der Waals surface area contributed by atoms with Gasteiger partial charge in [-0.15, -0.1) is 0 Å². The fraction of sp³-hybridized carbons (Fsp3) is 0.118. The van der Waals surface area contributed by atoms with Crippen LogP contribution in [0.25, 0.3) is 11.4 Å². The van der Waals surface area contributed by atoms with Crippen molar-refractivity contribution in [2.45, 2.75) is 6.92 Å². The molecule has 3 rings (SSSR count). The van der Waals surface area contributed by atoms with Crippen LogP contribution in [0.3, 0.4) is 0 Å². The van der Waals surface area contributed by atoms with Crippen molar-refractivity contribution in [1.29, 1.82) is 0 Å². The van der Waals surface area contributed by atoms with Crippen LogP contribution in [0.4, 0.5) is 5.69 Å². The summed E-state index contributed by atoms with van der Waals surface area (Å²) in [5.41, 5.74) is 1.52. The van der Waals surface area contributed by atoms with Crippen molar-refractivity contribution in [2.24, 2.45) is 5.10 Å². The molecule has 26 heavy (non-hydrogen) atoms. The molecule has 3 aromatic rings. The first-order valence-corrected chi connectivity index (χ1v) is 8.19. The number of nitrogens with zero attached hydrogens (tertiary/aromatic N) is 4. The molecule has 0 bridgehead atoms. The van der Waals surface area contributed by atoms with E-state index in [0.29, 0.717) is 22.8 Å². The van der Waals surface area contributed by atoms with Crippen LogP contribution in [0, 0.1) is 14.9 Å². The second-order valence-electron chi connectivity index (χ2n) is 5.22. The van der Waals surface area contributed by atoms with Gasteiger partial charge in [0.25, 0.3) is 5.69 Å². The normalized spacial score (nSPS) is 11.0. The topological polar surface area (TPSA) is 98.3 Å². The van der Waals surface area contributed by atoms with Gasteiger partial charge in [0.15, 0.2) is 5.82 Å². The van der Waals surface area contributed by atoms with Crippen LogP contribution in [0.1, 0.15) is 12.5 Å². The summed E-state index contributed by atoms with van der Waals surface area (Å²) in [6.45, 7) is 2.48. The number of nitrogens with one attached hydrogen (secondary N) is 1. The summed E-state index contributed by atoms with van der Waals surface area (Å²) in [7, 11) is 0. The number of rotatable bonds is 6. The largest absolute Gasteiger partial charge is 0.494 e. The van der Waals surface area contributed by atoms with E-state index in [-0.39, 0.29) is 5.69 Å². The molecule has 2 aromatic carbocycles. The molecule has 0 spiro atoms. The van der Waals surface area contributed by atoms with E-state index in [1.165, 1.54) is 16.8 Å². The molecule has 0 aliphatic carbocycles. The molecule has 0 saturated carbocycles. The van der Waals surface area contributed by atoms with Crippen molar-refractivity contribution < 1.29 is 9.66 Å². The Bertz CT molecular complexity index is 1010. The zero-order chi connectivity index (χ0) is 18.5. The maximum atomic E-state index is 10.7. The summed E-state index contributed by atoms with van der Waals surface area (Å²) in [6, 6.07) is 13.5. The van der Waals surface area contributed by atoms with Crippen molar-refractivity contribution in [3.63, 3.8) is 0 Å². The number of ether oxygens (including phenoxy) is 1. The summed E-state index contributed by atoms with van der Waals surface area (Å²) in [5.74, 6) is 1.26. The summed E-state index contributed by atoms with van der Waals surface area (Å²) >= 11 is 5.24. The maximum Gasteiger partial charge on any atom is 0.269 e. The van der Waals surface area contributed by atoms with Crippen LogP contribution in [0.2, 0.25) is 0 Å². The van der Waals surface area contributed by atoms with Gasteiger partial charge in [-0.05, 0) is 49.0 Å². The molecule has 0 saturated heterocycles. The Morgan fingerprint density at radius 3 is 2.81 bits per heavy atom. The molecule has 0 unspecified atom stereocenters. The summed E-state index contributed by atoms with van der Waals surface area (Å²) in [6.07, 6.45) is 1.56. The number of benzene rings is 2. The highest BCUT2D eigenvalue weighted by atomic mass is 32.1. The zero-order valence-corrected chi connectivity index (χ0v) is 14.6. The van der Waals surface area contributed by atoms with E-state index in [0.717, 1.165) is 11.3 Å². The Kier molecular flexibility index (Phi) is 5.18. The standard InChI is InChI=1S/C17H15N5O3S/c1-2-25-15-5-3-4-13(10-15)16-19-20-17(26)21(16)18-11-12-6-8-14(9-7-12)22(23)24/h3-11H,2H2,1H3,(H,20,26)/b18-11-. The number of hydrogen-bond acceptors (Lipinski definition) is 6. The third-order valence-electron chi connectivity index (χ3n) is 3.48. The first kappa shape index (κ1) is 17.5. The molecule has 132 valence electrons. The Morgan fingerprint density at radius 1 is 1.35 bits per heavy atom. The first-order valence-electron chi connectivity index (χ1n) is 7.78. The van der Waals surface area contributed by atoms with Gasteiger partial charge in [-0.2, -0.15) is 14.9 Å². The van der Waals surface area contributed by atoms with E-state index >= 15 is 0 Å². The van der Waals surface area contributed by atoms with Crippen LogP contribution in [-0.2, 0) is 0 Å². The summed E-state index contributed by atoms with van der Waals surface area (Å²) < 4.78 is 7.33. The van der Waals surface area contributed by atoms with Crippen LogP contribution >= 0.6 is 12.2 Å². The molecule has 0 amide bonds.